The lowest BCUT2D eigenvalue weighted by Crippen LogP contribution is -2.36. The fraction of sp³-hybridized carbons (Fsp3) is 1.00. The Balaban J connectivity index is 2.25. The first kappa shape index (κ1) is 12.0. The van der Waals surface area contributed by atoms with Gasteiger partial charge in [-0.1, -0.05) is 13.8 Å². The Hall–Kier alpha value is -0.0800. The fourth-order valence-electron chi connectivity index (χ4n) is 2.51. The van der Waals surface area contributed by atoms with E-state index in [1.54, 1.807) is 0 Å². The fourth-order valence-corrected chi connectivity index (χ4v) is 2.51. The van der Waals surface area contributed by atoms with Gasteiger partial charge >= 0.3 is 0 Å². The quantitative estimate of drug-likeness (QED) is 0.733. The highest BCUT2D eigenvalue weighted by atomic mass is 16.3. The van der Waals surface area contributed by atoms with Crippen molar-refractivity contribution in [3.05, 3.63) is 0 Å². The summed E-state index contributed by atoms with van der Waals surface area (Å²) in [6.07, 6.45) is 5.19. The van der Waals surface area contributed by atoms with Gasteiger partial charge in [0, 0.05) is 13.2 Å². The zero-order valence-electron chi connectivity index (χ0n) is 9.71. The molecule has 14 heavy (non-hydrogen) atoms. The maximum Gasteiger partial charge on any atom is 0.0456 e. The van der Waals surface area contributed by atoms with Crippen LogP contribution in [0.15, 0.2) is 0 Å². The lowest BCUT2D eigenvalue weighted by Gasteiger charge is -2.33. The van der Waals surface area contributed by atoms with Crippen LogP contribution in [0.4, 0.5) is 0 Å². The maximum atomic E-state index is 9.02. The van der Waals surface area contributed by atoms with Crippen LogP contribution in [0.3, 0.4) is 0 Å². The molecule has 1 fully saturated rings. The summed E-state index contributed by atoms with van der Waals surface area (Å²) < 4.78 is 0. The Labute approximate surface area is 88.3 Å². The number of aliphatic hydroxyl groups excluding tert-OH is 1. The smallest absolute Gasteiger partial charge is 0.0456 e. The molecule has 84 valence electrons. The Morgan fingerprint density at radius 2 is 2.29 bits per heavy atom. The third-order valence-electron chi connectivity index (χ3n) is 3.19. The van der Waals surface area contributed by atoms with Crippen LogP contribution in [-0.2, 0) is 0 Å². The maximum absolute atomic E-state index is 9.02. The average molecular weight is 199 g/mol. The minimum absolute atomic E-state index is 0.351. The van der Waals surface area contributed by atoms with Crippen LogP contribution in [-0.4, -0.2) is 36.2 Å². The number of rotatable bonds is 5. The van der Waals surface area contributed by atoms with E-state index >= 15 is 0 Å². The Morgan fingerprint density at radius 1 is 1.50 bits per heavy atom. The molecular formula is C12H25NO. The first-order valence-corrected chi connectivity index (χ1v) is 6.09. The molecule has 1 heterocycles. The first-order chi connectivity index (χ1) is 6.76. The van der Waals surface area contributed by atoms with E-state index < -0.39 is 0 Å². The normalized spacial score (nSPS) is 26.4. The number of nitrogens with zero attached hydrogens (tertiary/aromatic N) is 1. The van der Waals surface area contributed by atoms with Gasteiger partial charge in [0.25, 0.3) is 0 Å². The Kier molecular flexibility index (Phi) is 5.49. The summed E-state index contributed by atoms with van der Waals surface area (Å²) >= 11 is 0. The van der Waals surface area contributed by atoms with Crippen molar-refractivity contribution >= 4 is 0 Å². The van der Waals surface area contributed by atoms with Gasteiger partial charge in [-0.05, 0) is 50.6 Å². The topological polar surface area (TPSA) is 23.5 Å². The number of hydrogen-bond donors (Lipinski definition) is 1. The van der Waals surface area contributed by atoms with Crippen molar-refractivity contribution in [1.29, 1.82) is 0 Å². The van der Waals surface area contributed by atoms with Gasteiger partial charge in [-0.3, -0.25) is 0 Å². The molecule has 0 aromatic rings. The summed E-state index contributed by atoms with van der Waals surface area (Å²) in [5.74, 6) is 1.32. The number of likely N-dealkylation sites (tertiary alicyclic amines) is 1. The van der Waals surface area contributed by atoms with E-state index in [-0.39, 0.29) is 0 Å². The minimum Gasteiger partial charge on any atom is -0.396 e. The van der Waals surface area contributed by atoms with Gasteiger partial charge in [-0.2, -0.15) is 0 Å². The molecule has 1 saturated heterocycles. The molecule has 2 heteroatoms. The summed E-state index contributed by atoms with van der Waals surface area (Å²) in [5, 5.41) is 9.02. The molecule has 0 aromatic carbocycles. The highest BCUT2D eigenvalue weighted by Crippen LogP contribution is 2.23. The largest absolute Gasteiger partial charge is 0.396 e. The van der Waals surface area contributed by atoms with E-state index in [1.165, 1.54) is 45.3 Å². The summed E-state index contributed by atoms with van der Waals surface area (Å²) in [4.78, 5) is 2.58. The van der Waals surface area contributed by atoms with Crippen LogP contribution in [0.2, 0.25) is 0 Å². The van der Waals surface area contributed by atoms with E-state index in [9.17, 15) is 0 Å². The van der Waals surface area contributed by atoms with Crippen molar-refractivity contribution in [2.45, 2.75) is 39.5 Å². The first-order valence-electron chi connectivity index (χ1n) is 6.09. The SMILES string of the molecule is CCCN1CCCC(CC(C)CO)C1. The average Bonchev–Trinajstić information content (AvgIpc) is 2.19. The second-order valence-corrected chi connectivity index (χ2v) is 4.83. The molecule has 0 aliphatic carbocycles. The molecule has 0 saturated carbocycles. The zero-order chi connectivity index (χ0) is 10.4. The molecule has 2 nitrogen and oxygen atoms in total. The highest BCUT2D eigenvalue weighted by molar-refractivity contribution is 4.74. The van der Waals surface area contributed by atoms with Crippen molar-refractivity contribution in [1.82, 2.24) is 4.90 Å². The van der Waals surface area contributed by atoms with Crippen LogP contribution >= 0.6 is 0 Å². The molecule has 1 rings (SSSR count). The van der Waals surface area contributed by atoms with Gasteiger partial charge in [-0.15, -0.1) is 0 Å². The van der Waals surface area contributed by atoms with E-state index in [0.29, 0.717) is 12.5 Å². The van der Waals surface area contributed by atoms with Gasteiger partial charge in [0.05, 0.1) is 0 Å². The second kappa shape index (κ2) is 6.41. The standard InChI is InChI=1S/C12H25NO/c1-3-6-13-7-4-5-12(9-13)8-11(2)10-14/h11-12,14H,3-10H2,1-2H3. The van der Waals surface area contributed by atoms with Crippen molar-refractivity contribution in [3.8, 4) is 0 Å². The van der Waals surface area contributed by atoms with Crippen LogP contribution in [0, 0.1) is 11.8 Å². The van der Waals surface area contributed by atoms with E-state index in [0.717, 1.165) is 5.92 Å². The van der Waals surface area contributed by atoms with E-state index in [1.807, 2.05) is 0 Å². The molecule has 0 amide bonds. The summed E-state index contributed by atoms with van der Waals surface area (Å²) in [6.45, 7) is 8.56. The highest BCUT2D eigenvalue weighted by Gasteiger charge is 2.20. The molecule has 0 aromatic heterocycles. The van der Waals surface area contributed by atoms with Crippen LogP contribution in [0.5, 0.6) is 0 Å². The molecule has 0 radical (unpaired) electrons. The van der Waals surface area contributed by atoms with Crippen LogP contribution in [0.1, 0.15) is 39.5 Å². The van der Waals surface area contributed by atoms with Crippen LogP contribution in [0.25, 0.3) is 0 Å². The molecule has 1 aliphatic heterocycles. The van der Waals surface area contributed by atoms with Crippen molar-refractivity contribution in [2.24, 2.45) is 11.8 Å². The third-order valence-corrected chi connectivity index (χ3v) is 3.19. The minimum atomic E-state index is 0.351. The number of piperidine rings is 1. The predicted octanol–water partition coefficient (Wildman–Crippen LogP) is 2.13. The summed E-state index contributed by atoms with van der Waals surface area (Å²) in [5.41, 5.74) is 0. The van der Waals surface area contributed by atoms with Gasteiger partial charge in [-0.25, -0.2) is 0 Å². The Bertz CT molecular complexity index is 147. The third kappa shape index (κ3) is 3.97. The van der Waals surface area contributed by atoms with Gasteiger partial charge in [0.2, 0.25) is 0 Å². The van der Waals surface area contributed by atoms with Crippen molar-refractivity contribution < 1.29 is 5.11 Å². The molecule has 1 aliphatic rings. The van der Waals surface area contributed by atoms with E-state index in [2.05, 4.69) is 18.7 Å². The van der Waals surface area contributed by atoms with Crippen LogP contribution < -0.4 is 0 Å². The lowest BCUT2D eigenvalue weighted by atomic mass is 9.89. The van der Waals surface area contributed by atoms with Crippen molar-refractivity contribution in [3.63, 3.8) is 0 Å². The van der Waals surface area contributed by atoms with Gasteiger partial charge in [0.1, 0.15) is 0 Å². The lowest BCUT2D eigenvalue weighted by molar-refractivity contribution is 0.139. The monoisotopic (exact) mass is 199 g/mol. The number of aliphatic hydroxyl groups is 1. The van der Waals surface area contributed by atoms with Gasteiger partial charge < -0.3 is 10.0 Å². The van der Waals surface area contributed by atoms with Gasteiger partial charge in [0.15, 0.2) is 0 Å². The Morgan fingerprint density at radius 3 is 2.93 bits per heavy atom. The second-order valence-electron chi connectivity index (χ2n) is 4.83. The molecule has 0 bridgehead atoms. The zero-order valence-corrected chi connectivity index (χ0v) is 9.71. The predicted molar refractivity (Wildman–Crippen MR) is 60.3 cm³/mol. The molecule has 2 atom stereocenters. The molecule has 0 spiro atoms. The molecular weight excluding hydrogens is 174 g/mol. The number of hydrogen-bond acceptors (Lipinski definition) is 2. The van der Waals surface area contributed by atoms with Crippen molar-refractivity contribution in [2.75, 3.05) is 26.2 Å². The summed E-state index contributed by atoms with van der Waals surface area (Å²) in [7, 11) is 0. The summed E-state index contributed by atoms with van der Waals surface area (Å²) in [6, 6.07) is 0. The molecule has 2 unspecified atom stereocenters. The molecule has 1 N–H and O–H groups in total. The van der Waals surface area contributed by atoms with E-state index in [4.69, 9.17) is 5.11 Å².